The number of carbonyl (C=O) groups is 2. The lowest BCUT2D eigenvalue weighted by molar-refractivity contribution is -0.119. The standard InChI is InChI=1S/C19H14Cl2FNO2S/c1-10(2)26-17-16(11-3-5-12(22)6-4-11)18(24)23(19(17)25)13-7-8-14(20)15(21)9-13/h3-10H,1-2H3. The summed E-state index contributed by atoms with van der Waals surface area (Å²) in [7, 11) is 0. The second-order valence-corrected chi connectivity index (χ2v) is 8.32. The molecule has 3 nitrogen and oxygen atoms in total. The van der Waals surface area contributed by atoms with Gasteiger partial charge in [-0.2, -0.15) is 0 Å². The molecule has 1 heterocycles. The van der Waals surface area contributed by atoms with Gasteiger partial charge >= 0.3 is 0 Å². The molecule has 3 rings (SSSR count). The van der Waals surface area contributed by atoms with Crippen LogP contribution < -0.4 is 4.90 Å². The molecule has 0 saturated carbocycles. The summed E-state index contributed by atoms with van der Waals surface area (Å²) < 4.78 is 13.3. The summed E-state index contributed by atoms with van der Waals surface area (Å²) >= 11 is 13.3. The molecule has 26 heavy (non-hydrogen) atoms. The van der Waals surface area contributed by atoms with Crippen molar-refractivity contribution in [3.8, 4) is 0 Å². The fourth-order valence-electron chi connectivity index (χ4n) is 2.58. The van der Waals surface area contributed by atoms with Gasteiger partial charge in [0.15, 0.2) is 0 Å². The highest BCUT2D eigenvalue weighted by Crippen LogP contribution is 2.40. The van der Waals surface area contributed by atoms with Crippen LogP contribution in [0, 0.1) is 5.82 Å². The van der Waals surface area contributed by atoms with Gasteiger partial charge in [-0.3, -0.25) is 9.59 Å². The van der Waals surface area contributed by atoms with Crippen LogP contribution in [-0.2, 0) is 9.59 Å². The molecule has 2 aromatic carbocycles. The number of amides is 2. The number of carbonyl (C=O) groups excluding carboxylic acids is 2. The number of rotatable bonds is 4. The fraction of sp³-hybridized carbons (Fsp3) is 0.158. The van der Waals surface area contributed by atoms with E-state index in [-0.39, 0.29) is 15.8 Å². The summed E-state index contributed by atoms with van der Waals surface area (Å²) in [6, 6.07) is 10.1. The molecule has 0 spiro atoms. The van der Waals surface area contributed by atoms with E-state index >= 15 is 0 Å². The molecule has 134 valence electrons. The Labute approximate surface area is 164 Å². The van der Waals surface area contributed by atoms with Gasteiger partial charge in [-0.1, -0.05) is 49.2 Å². The first kappa shape index (κ1) is 19.0. The van der Waals surface area contributed by atoms with Crippen molar-refractivity contribution in [1.29, 1.82) is 0 Å². The van der Waals surface area contributed by atoms with E-state index in [1.807, 2.05) is 13.8 Å². The zero-order valence-corrected chi connectivity index (χ0v) is 16.3. The highest BCUT2D eigenvalue weighted by atomic mass is 35.5. The highest BCUT2D eigenvalue weighted by molar-refractivity contribution is 8.04. The van der Waals surface area contributed by atoms with Crippen molar-refractivity contribution < 1.29 is 14.0 Å². The Morgan fingerprint density at radius 3 is 2.19 bits per heavy atom. The number of thioether (sulfide) groups is 1. The summed E-state index contributed by atoms with van der Waals surface area (Å²) in [4.78, 5) is 27.4. The molecule has 0 unspecified atom stereocenters. The van der Waals surface area contributed by atoms with Crippen molar-refractivity contribution in [3.63, 3.8) is 0 Å². The van der Waals surface area contributed by atoms with E-state index < -0.39 is 17.6 Å². The fourth-order valence-corrected chi connectivity index (χ4v) is 3.86. The first-order valence-corrected chi connectivity index (χ1v) is 9.44. The Morgan fingerprint density at radius 1 is 0.962 bits per heavy atom. The number of imide groups is 1. The third-order valence-electron chi connectivity index (χ3n) is 3.69. The average molecular weight is 410 g/mol. The van der Waals surface area contributed by atoms with Crippen molar-refractivity contribution in [2.45, 2.75) is 19.1 Å². The molecule has 0 aromatic heterocycles. The minimum absolute atomic E-state index is 0.0888. The van der Waals surface area contributed by atoms with Gasteiger partial charge in [-0.05, 0) is 35.9 Å². The summed E-state index contributed by atoms with van der Waals surface area (Å²) in [5.74, 6) is -1.31. The number of hydrogen-bond acceptors (Lipinski definition) is 3. The first-order chi connectivity index (χ1) is 12.3. The predicted molar refractivity (Wildman–Crippen MR) is 105 cm³/mol. The maximum atomic E-state index is 13.3. The second-order valence-electron chi connectivity index (χ2n) is 5.92. The van der Waals surface area contributed by atoms with Crippen LogP contribution in [0.4, 0.5) is 10.1 Å². The average Bonchev–Trinajstić information content (AvgIpc) is 2.81. The number of halogens is 3. The normalized spacial score (nSPS) is 14.8. The van der Waals surface area contributed by atoms with Crippen LogP contribution in [0.25, 0.3) is 5.57 Å². The SMILES string of the molecule is CC(C)SC1=C(c2ccc(F)cc2)C(=O)N(c2ccc(Cl)c(Cl)c2)C1=O. The van der Waals surface area contributed by atoms with Gasteiger partial charge in [0.25, 0.3) is 11.8 Å². The van der Waals surface area contributed by atoms with Crippen molar-refractivity contribution in [2.75, 3.05) is 4.90 Å². The zero-order chi connectivity index (χ0) is 19.0. The van der Waals surface area contributed by atoms with E-state index in [1.54, 1.807) is 6.07 Å². The van der Waals surface area contributed by atoms with Gasteiger partial charge < -0.3 is 0 Å². The second kappa shape index (κ2) is 7.43. The number of anilines is 1. The topological polar surface area (TPSA) is 37.4 Å². The Morgan fingerprint density at radius 2 is 1.62 bits per heavy atom. The van der Waals surface area contributed by atoms with E-state index in [0.29, 0.717) is 21.2 Å². The molecule has 7 heteroatoms. The molecule has 0 saturated heterocycles. The molecule has 1 aliphatic rings. The van der Waals surface area contributed by atoms with Crippen LogP contribution in [0.15, 0.2) is 47.4 Å². The zero-order valence-electron chi connectivity index (χ0n) is 13.9. The van der Waals surface area contributed by atoms with Crippen LogP contribution in [0.3, 0.4) is 0 Å². The molecule has 2 aromatic rings. The van der Waals surface area contributed by atoms with Gasteiger partial charge in [0.2, 0.25) is 0 Å². The van der Waals surface area contributed by atoms with Crippen LogP contribution in [0.5, 0.6) is 0 Å². The number of benzene rings is 2. The van der Waals surface area contributed by atoms with Gasteiger partial charge in [0.05, 0.1) is 26.2 Å². The Kier molecular flexibility index (Phi) is 5.42. The molecule has 0 aliphatic carbocycles. The Balaban J connectivity index is 2.10. The van der Waals surface area contributed by atoms with E-state index in [0.717, 1.165) is 4.90 Å². The molecule has 0 radical (unpaired) electrons. The molecule has 0 atom stereocenters. The van der Waals surface area contributed by atoms with Crippen LogP contribution in [-0.4, -0.2) is 17.1 Å². The Hall–Kier alpha value is -1.82. The maximum absolute atomic E-state index is 13.3. The summed E-state index contributed by atoms with van der Waals surface area (Å²) in [6.45, 7) is 3.86. The third kappa shape index (κ3) is 3.52. The van der Waals surface area contributed by atoms with E-state index in [9.17, 15) is 14.0 Å². The van der Waals surface area contributed by atoms with Gasteiger partial charge in [0, 0.05) is 5.25 Å². The lowest BCUT2D eigenvalue weighted by Gasteiger charge is -2.16. The molecular formula is C19H14Cl2FNO2S. The van der Waals surface area contributed by atoms with Crippen LogP contribution in [0.2, 0.25) is 10.0 Å². The molecular weight excluding hydrogens is 396 g/mol. The van der Waals surface area contributed by atoms with Gasteiger partial charge in [-0.25, -0.2) is 9.29 Å². The van der Waals surface area contributed by atoms with Gasteiger partial charge in [0.1, 0.15) is 5.82 Å². The summed E-state index contributed by atoms with van der Waals surface area (Å²) in [6.07, 6.45) is 0. The van der Waals surface area contributed by atoms with E-state index in [1.165, 1.54) is 48.2 Å². The maximum Gasteiger partial charge on any atom is 0.272 e. The lowest BCUT2D eigenvalue weighted by Crippen LogP contribution is -2.31. The van der Waals surface area contributed by atoms with Crippen molar-refractivity contribution in [3.05, 3.63) is 68.8 Å². The Bertz CT molecular complexity index is 926. The summed E-state index contributed by atoms with van der Waals surface area (Å²) in [5, 5.41) is 0.669. The monoisotopic (exact) mass is 409 g/mol. The molecule has 0 fully saturated rings. The number of hydrogen-bond donors (Lipinski definition) is 0. The van der Waals surface area contributed by atoms with E-state index in [2.05, 4.69) is 0 Å². The molecule has 2 amide bonds. The van der Waals surface area contributed by atoms with Crippen molar-refractivity contribution in [1.82, 2.24) is 0 Å². The largest absolute Gasteiger partial charge is 0.272 e. The molecule has 0 bridgehead atoms. The highest BCUT2D eigenvalue weighted by Gasteiger charge is 2.40. The minimum Gasteiger partial charge on any atom is -0.268 e. The van der Waals surface area contributed by atoms with E-state index in [4.69, 9.17) is 23.2 Å². The smallest absolute Gasteiger partial charge is 0.268 e. The minimum atomic E-state index is -0.469. The van der Waals surface area contributed by atoms with Crippen molar-refractivity contribution >= 4 is 58.0 Å². The quantitative estimate of drug-likeness (QED) is 0.620. The van der Waals surface area contributed by atoms with Crippen LogP contribution in [0.1, 0.15) is 19.4 Å². The lowest BCUT2D eigenvalue weighted by atomic mass is 10.1. The third-order valence-corrected chi connectivity index (χ3v) is 5.51. The predicted octanol–water partition coefficient (Wildman–Crippen LogP) is 5.56. The summed E-state index contributed by atoms with van der Waals surface area (Å²) in [5.41, 5.74) is 1.10. The number of nitrogens with zero attached hydrogens (tertiary/aromatic N) is 1. The first-order valence-electron chi connectivity index (χ1n) is 7.80. The molecule has 0 N–H and O–H groups in total. The van der Waals surface area contributed by atoms with Crippen molar-refractivity contribution in [2.24, 2.45) is 0 Å². The van der Waals surface area contributed by atoms with Crippen LogP contribution >= 0.6 is 35.0 Å². The van der Waals surface area contributed by atoms with Gasteiger partial charge in [-0.15, -0.1) is 11.8 Å². The molecule has 1 aliphatic heterocycles.